The summed E-state index contributed by atoms with van der Waals surface area (Å²) in [6.07, 6.45) is 4.46. The third-order valence-corrected chi connectivity index (χ3v) is 1.39. The quantitative estimate of drug-likeness (QED) is 0.439. The second kappa shape index (κ2) is 4.17. The molecule has 0 aliphatic heterocycles. The molecule has 7 heavy (non-hydrogen) atoms. The summed E-state index contributed by atoms with van der Waals surface area (Å²) in [5.74, 6) is 1.06. The fourth-order valence-electron chi connectivity index (χ4n) is 0.612. The molecule has 0 heterocycles. The summed E-state index contributed by atoms with van der Waals surface area (Å²) in [6, 6.07) is 0. The van der Waals surface area contributed by atoms with Crippen LogP contribution in [0.3, 0.4) is 0 Å². The molecule has 0 saturated heterocycles. The lowest BCUT2D eigenvalue weighted by Crippen LogP contribution is -2.04. The van der Waals surface area contributed by atoms with E-state index in [1.807, 2.05) is 13.8 Å². The van der Waals surface area contributed by atoms with E-state index in [4.69, 9.17) is 0 Å². The monoisotopic (exact) mass is 100 g/mol. The van der Waals surface area contributed by atoms with E-state index in [0.29, 0.717) is 0 Å². The SMILES string of the molecule is CC.CC1CCC1. The smallest absolute Gasteiger partial charge is 0.0443 e. The summed E-state index contributed by atoms with van der Waals surface area (Å²) in [6.45, 7) is 6.31. The van der Waals surface area contributed by atoms with Crippen LogP contribution in [0.2, 0.25) is 0 Å². The van der Waals surface area contributed by atoms with Crippen molar-refractivity contribution in [2.24, 2.45) is 5.92 Å². The normalized spacial score (nSPS) is 19.3. The second-order valence-electron chi connectivity index (χ2n) is 2.04. The first-order chi connectivity index (χ1) is 3.39. The Morgan fingerprint density at radius 2 is 1.43 bits per heavy atom. The fraction of sp³-hybridized carbons (Fsp3) is 1.00. The molecule has 0 N–H and O–H groups in total. The molecule has 0 amide bonds. The van der Waals surface area contributed by atoms with E-state index >= 15 is 0 Å². The third-order valence-electron chi connectivity index (χ3n) is 1.39. The van der Waals surface area contributed by atoms with Crippen LogP contribution in [0.1, 0.15) is 40.0 Å². The van der Waals surface area contributed by atoms with Crippen LogP contribution in [0.25, 0.3) is 0 Å². The highest BCUT2D eigenvalue weighted by atomic mass is 14.1. The van der Waals surface area contributed by atoms with Crippen LogP contribution < -0.4 is 0 Å². The lowest BCUT2D eigenvalue weighted by molar-refractivity contribution is 0.346. The topological polar surface area (TPSA) is 0 Å². The van der Waals surface area contributed by atoms with Crippen LogP contribution in [-0.4, -0.2) is 0 Å². The van der Waals surface area contributed by atoms with E-state index in [2.05, 4.69) is 6.92 Å². The Morgan fingerprint density at radius 3 is 1.43 bits per heavy atom. The Labute approximate surface area is 46.9 Å². The Bertz CT molecular complexity index is 27.0. The fourth-order valence-corrected chi connectivity index (χ4v) is 0.612. The van der Waals surface area contributed by atoms with Gasteiger partial charge in [-0.3, -0.25) is 0 Å². The van der Waals surface area contributed by atoms with Crippen LogP contribution >= 0.6 is 0 Å². The van der Waals surface area contributed by atoms with Gasteiger partial charge in [0.1, 0.15) is 0 Å². The van der Waals surface area contributed by atoms with Crippen LogP contribution in [0.5, 0.6) is 0 Å². The number of hydrogen-bond donors (Lipinski definition) is 0. The molecule has 0 spiro atoms. The molecule has 44 valence electrons. The molecule has 0 aromatic heterocycles. The van der Waals surface area contributed by atoms with E-state index < -0.39 is 0 Å². The maximum Gasteiger partial charge on any atom is -0.0443 e. The first-order valence-corrected chi connectivity index (χ1v) is 3.39. The van der Waals surface area contributed by atoms with Crippen LogP contribution in [0.15, 0.2) is 0 Å². The minimum atomic E-state index is 1.06. The van der Waals surface area contributed by atoms with Crippen molar-refractivity contribution < 1.29 is 0 Å². The van der Waals surface area contributed by atoms with E-state index in [1.54, 1.807) is 0 Å². The Balaban J connectivity index is 0.000000162. The molecule has 0 bridgehead atoms. The first-order valence-electron chi connectivity index (χ1n) is 3.39. The van der Waals surface area contributed by atoms with Gasteiger partial charge in [0, 0.05) is 0 Å². The van der Waals surface area contributed by atoms with Gasteiger partial charge in [-0.15, -0.1) is 0 Å². The largest absolute Gasteiger partial charge is 0.0683 e. The van der Waals surface area contributed by atoms with Gasteiger partial charge in [-0.1, -0.05) is 40.0 Å². The van der Waals surface area contributed by atoms with Gasteiger partial charge in [0.05, 0.1) is 0 Å². The molecule has 0 unspecified atom stereocenters. The molecule has 0 atom stereocenters. The lowest BCUT2D eigenvalue weighted by Gasteiger charge is -2.18. The van der Waals surface area contributed by atoms with Crippen LogP contribution in [-0.2, 0) is 0 Å². The number of rotatable bonds is 0. The molecule has 1 rings (SSSR count). The van der Waals surface area contributed by atoms with Crippen LogP contribution in [0, 0.1) is 5.92 Å². The van der Waals surface area contributed by atoms with Gasteiger partial charge in [-0.25, -0.2) is 0 Å². The maximum atomic E-state index is 2.31. The zero-order valence-electron chi connectivity index (χ0n) is 5.70. The maximum absolute atomic E-state index is 2.31. The summed E-state index contributed by atoms with van der Waals surface area (Å²) in [7, 11) is 0. The van der Waals surface area contributed by atoms with Gasteiger partial charge in [0.2, 0.25) is 0 Å². The molecule has 0 nitrogen and oxygen atoms in total. The standard InChI is InChI=1S/C5H10.C2H6/c1-5-3-2-4-5;1-2/h5H,2-4H2,1H3;1-2H3. The average molecular weight is 100 g/mol. The molecular weight excluding hydrogens is 84.1 g/mol. The van der Waals surface area contributed by atoms with Crippen molar-refractivity contribution in [2.75, 3.05) is 0 Å². The van der Waals surface area contributed by atoms with Gasteiger partial charge in [0.15, 0.2) is 0 Å². The highest BCUT2D eigenvalue weighted by Crippen LogP contribution is 2.24. The molecule has 0 heteroatoms. The van der Waals surface area contributed by atoms with Gasteiger partial charge >= 0.3 is 0 Å². The first kappa shape index (κ1) is 7.00. The Kier molecular flexibility index (Phi) is 4.17. The third kappa shape index (κ3) is 2.67. The van der Waals surface area contributed by atoms with E-state index in [-0.39, 0.29) is 0 Å². The van der Waals surface area contributed by atoms with Gasteiger partial charge < -0.3 is 0 Å². The van der Waals surface area contributed by atoms with Crippen molar-refractivity contribution in [1.29, 1.82) is 0 Å². The summed E-state index contributed by atoms with van der Waals surface area (Å²) in [4.78, 5) is 0. The van der Waals surface area contributed by atoms with Crippen LogP contribution in [0.4, 0.5) is 0 Å². The molecule has 1 aliphatic rings. The minimum absolute atomic E-state index is 1.06. The zero-order chi connectivity index (χ0) is 5.70. The summed E-state index contributed by atoms with van der Waals surface area (Å²) < 4.78 is 0. The molecular formula is C7H16. The van der Waals surface area contributed by atoms with Crippen molar-refractivity contribution in [3.05, 3.63) is 0 Å². The summed E-state index contributed by atoms with van der Waals surface area (Å²) in [5.41, 5.74) is 0. The molecule has 0 aromatic carbocycles. The Hall–Kier alpha value is 0. The predicted octanol–water partition coefficient (Wildman–Crippen LogP) is 2.83. The van der Waals surface area contributed by atoms with E-state index in [1.165, 1.54) is 19.3 Å². The van der Waals surface area contributed by atoms with Gasteiger partial charge in [-0.2, -0.15) is 0 Å². The van der Waals surface area contributed by atoms with E-state index in [9.17, 15) is 0 Å². The highest BCUT2D eigenvalue weighted by molar-refractivity contribution is 4.62. The summed E-state index contributed by atoms with van der Waals surface area (Å²) in [5, 5.41) is 0. The van der Waals surface area contributed by atoms with Crippen molar-refractivity contribution >= 4 is 0 Å². The predicted molar refractivity (Wildman–Crippen MR) is 34.4 cm³/mol. The van der Waals surface area contributed by atoms with Gasteiger partial charge in [0.25, 0.3) is 0 Å². The summed E-state index contributed by atoms with van der Waals surface area (Å²) >= 11 is 0. The molecule has 1 fully saturated rings. The zero-order valence-corrected chi connectivity index (χ0v) is 5.70. The number of hydrogen-bond acceptors (Lipinski definition) is 0. The molecule has 0 aromatic rings. The minimum Gasteiger partial charge on any atom is -0.0683 e. The molecule has 0 radical (unpaired) electrons. The van der Waals surface area contributed by atoms with Crippen molar-refractivity contribution in [3.63, 3.8) is 0 Å². The second-order valence-corrected chi connectivity index (χ2v) is 2.04. The molecule has 1 saturated carbocycles. The average Bonchev–Trinajstić information content (AvgIpc) is 1.68. The van der Waals surface area contributed by atoms with Gasteiger partial charge in [-0.05, 0) is 5.92 Å². The Morgan fingerprint density at radius 1 is 1.14 bits per heavy atom. The van der Waals surface area contributed by atoms with Crippen molar-refractivity contribution in [3.8, 4) is 0 Å². The molecule has 1 aliphatic carbocycles. The van der Waals surface area contributed by atoms with E-state index in [0.717, 1.165) is 5.92 Å². The highest BCUT2D eigenvalue weighted by Gasteiger charge is 2.09. The van der Waals surface area contributed by atoms with Crippen molar-refractivity contribution in [2.45, 2.75) is 40.0 Å². The van der Waals surface area contributed by atoms with Crippen molar-refractivity contribution in [1.82, 2.24) is 0 Å². The lowest BCUT2D eigenvalue weighted by atomic mass is 9.88.